The van der Waals surface area contributed by atoms with Crippen molar-refractivity contribution in [2.45, 2.75) is 19.8 Å². The molecule has 5 rings (SSSR count). The van der Waals surface area contributed by atoms with Crippen LogP contribution in [0.1, 0.15) is 16.8 Å². The van der Waals surface area contributed by atoms with Crippen molar-refractivity contribution in [2.24, 2.45) is 0 Å². The van der Waals surface area contributed by atoms with Crippen molar-refractivity contribution in [1.82, 2.24) is 19.8 Å². The molecule has 1 saturated heterocycles. The topological polar surface area (TPSA) is 93.8 Å². The number of piperazine rings is 1. The number of hydrogen-bond donors (Lipinski definition) is 3. The van der Waals surface area contributed by atoms with Crippen LogP contribution in [-0.2, 0) is 6.54 Å². The monoisotopic (exact) mass is 449 g/mol. The zero-order valence-electron chi connectivity index (χ0n) is 18.2. The Morgan fingerprint density at radius 2 is 1.97 bits per heavy atom. The minimum atomic E-state index is -0.793. The van der Waals surface area contributed by atoms with E-state index >= 15 is 0 Å². The maximum absolute atomic E-state index is 10.1. The number of aryl methyl sites for hydroxylation is 1. The molecule has 1 aromatic carbocycles. The molecule has 4 heterocycles. The number of rotatable bonds is 3. The summed E-state index contributed by atoms with van der Waals surface area (Å²) in [6, 6.07) is 10.4. The van der Waals surface area contributed by atoms with Crippen LogP contribution >= 0.6 is 12.2 Å². The maximum atomic E-state index is 10.1. The van der Waals surface area contributed by atoms with Gasteiger partial charge >= 0.3 is 0 Å². The Bertz CT molecular complexity index is 1190. The molecule has 32 heavy (non-hydrogen) atoms. The molecular weight excluding hydrogens is 422 g/mol. The van der Waals surface area contributed by atoms with Gasteiger partial charge in [-0.05, 0) is 36.8 Å². The van der Waals surface area contributed by atoms with E-state index in [1.54, 1.807) is 18.1 Å². The fourth-order valence-corrected chi connectivity index (χ4v) is 4.74. The molecular formula is C23H27N7OS. The third-order valence-electron chi connectivity index (χ3n) is 6.33. The molecule has 0 radical (unpaired) electrons. The fourth-order valence-electron chi connectivity index (χ4n) is 4.46. The van der Waals surface area contributed by atoms with E-state index in [1.807, 2.05) is 19.1 Å². The smallest absolute Gasteiger partial charge is 0.205 e. The number of fused-ring (bicyclic) bond motifs is 2. The Kier molecular flexibility index (Phi) is 5.32. The number of nitrogens with zero attached hydrogens (tertiary/aromatic N) is 5. The molecule has 4 N–H and O–H groups in total. The van der Waals surface area contributed by atoms with Gasteiger partial charge in [-0.25, -0.2) is 9.97 Å². The van der Waals surface area contributed by atoms with Gasteiger partial charge in [-0.3, -0.25) is 4.90 Å². The lowest BCUT2D eigenvalue weighted by atomic mass is 10.1. The molecule has 0 aliphatic carbocycles. The highest BCUT2D eigenvalue weighted by atomic mass is 32.1. The van der Waals surface area contributed by atoms with Gasteiger partial charge in [0.2, 0.25) is 6.35 Å². The number of nitrogen functional groups attached to an aromatic ring is 1. The molecule has 166 valence electrons. The van der Waals surface area contributed by atoms with E-state index in [-0.39, 0.29) is 0 Å². The number of benzene rings is 1. The van der Waals surface area contributed by atoms with E-state index in [1.165, 1.54) is 5.56 Å². The molecule has 1 unspecified atom stereocenters. The maximum Gasteiger partial charge on any atom is 0.205 e. The molecule has 1 atom stereocenters. The second-order valence-electron chi connectivity index (χ2n) is 8.44. The van der Waals surface area contributed by atoms with Crippen molar-refractivity contribution in [3.8, 4) is 0 Å². The summed E-state index contributed by atoms with van der Waals surface area (Å²) in [6.45, 7) is 6.69. The number of aliphatic hydroxyl groups is 1. The molecule has 2 aliphatic rings. The average molecular weight is 450 g/mol. The molecule has 0 amide bonds. The van der Waals surface area contributed by atoms with Crippen LogP contribution in [0.15, 0.2) is 36.5 Å². The predicted octanol–water partition coefficient (Wildman–Crippen LogP) is 2.15. The lowest BCUT2D eigenvalue weighted by Crippen LogP contribution is -2.46. The van der Waals surface area contributed by atoms with Crippen molar-refractivity contribution in [3.63, 3.8) is 0 Å². The zero-order chi connectivity index (χ0) is 22.4. The molecule has 1 fully saturated rings. The lowest BCUT2D eigenvalue weighted by Gasteiger charge is -2.37. The Balaban J connectivity index is 1.27. The summed E-state index contributed by atoms with van der Waals surface area (Å²) in [4.78, 5) is 16.0. The van der Waals surface area contributed by atoms with Gasteiger partial charge in [0, 0.05) is 62.6 Å². The summed E-state index contributed by atoms with van der Waals surface area (Å²) in [5, 5.41) is 14.3. The first kappa shape index (κ1) is 20.9. The van der Waals surface area contributed by atoms with Crippen LogP contribution in [-0.4, -0.2) is 69.4 Å². The number of hydrogen-bond acceptors (Lipinski definition) is 8. The summed E-state index contributed by atoms with van der Waals surface area (Å²) in [5.41, 5.74) is 11.9. The summed E-state index contributed by atoms with van der Waals surface area (Å²) >= 11 is 5.47. The predicted molar refractivity (Wildman–Crippen MR) is 132 cm³/mol. The summed E-state index contributed by atoms with van der Waals surface area (Å²) in [7, 11) is 1.79. The molecule has 8 nitrogen and oxygen atoms in total. The zero-order valence-corrected chi connectivity index (χ0v) is 19.1. The number of nitrogens with one attached hydrogen (secondary N) is 1. The highest BCUT2D eigenvalue weighted by molar-refractivity contribution is 7.80. The molecule has 3 aromatic rings. The quantitative estimate of drug-likeness (QED) is 0.520. The number of aromatic nitrogens is 2. The summed E-state index contributed by atoms with van der Waals surface area (Å²) in [6.07, 6.45) is 0.937. The molecule has 0 saturated carbocycles. The van der Waals surface area contributed by atoms with Gasteiger partial charge in [-0.1, -0.05) is 18.3 Å². The van der Waals surface area contributed by atoms with Crippen LogP contribution in [0.4, 0.5) is 17.2 Å². The van der Waals surface area contributed by atoms with E-state index < -0.39 is 6.35 Å². The average Bonchev–Trinajstić information content (AvgIpc) is 2.78. The molecule has 2 aliphatic heterocycles. The SMILES string of the molecule is Cc1nc2c(N)nccc2cc1N1CCN(Cc2ccc3c(c2)NC(O)N(C)C3=S)CC1. The first-order valence-corrected chi connectivity index (χ1v) is 11.2. The summed E-state index contributed by atoms with van der Waals surface area (Å²) in [5.74, 6) is 0.474. The van der Waals surface area contributed by atoms with Gasteiger partial charge in [-0.2, -0.15) is 0 Å². The number of pyridine rings is 2. The van der Waals surface area contributed by atoms with Crippen LogP contribution in [0.25, 0.3) is 10.9 Å². The molecule has 0 bridgehead atoms. The van der Waals surface area contributed by atoms with Gasteiger partial charge in [0.1, 0.15) is 16.3 Å². The van der Waals surface area contributed by atoms with E-state index in [9.17, 15) is 5.11 Å². The highest BCUT2D eigenvalue weighted by Gasteiger charge is 2.25. The van der Waals surface area contributed by atoms with Crippen LogP contribution in [0.2, 0.25) is 0 Å². The molecule has 9 heteroatoms. The van der Waals surface area contributed by atoms with Gasteiger partial charge in [0.15, 0.2) is 0 Å². The Hall–Kier alpha value is -3.01. The number of thiocarbonyl (C=S) groups is 1. The largest absolute Gasteiger partial charge is 0.382 e. The Morgan fingerprint density at radius 3 is 2.75 bits per heavy atom. The van der Waals surface area contributed by atoms with Crippen molar-refractivity contribution < 1.29 is 5.11 Å². The second kappa shape index (κ2) is 8.16. The minimum Gasteiger partial charge on any atom is -0.382 e. The van der Waals surface area contributed by atoms with Crippen LogP contribution < -0.4 is 16.0 Å². The standard InChI is InChI=1S/C23H27N7OS/c1-14-19(12-16-5-6-25-21(24)20(16)26-14)30-9-7-29(8-10-30)13-15-3-4-17-18(11-15)27-23(31)28(2)22(17)32/h3-6,11-12,23,27,31H,7-10,13H2,1-2H3,(H2,24,25). The van der Waals surface area contributed by atoms with E-state index in [0.29, 0.717) is 10.8 Å². The normalized spacial score (nSPS) is 19.2. The van der Waals surface area contributed by atoms with Crippen LogP contribution in [0.3, 0.4) is 0 Å². The van der Waals surface area contributed by atoms with Crippen molar-refractivity contribution in [3.05, 3.63) is 53.3 Å². The fraction of sp³-hybridized carbons (Fsp3) is 0.348. The highest BCUT2D eigenvalue weighted by Crippen LogP contribution is 2.28. The third kappa shape index (κ3) is 3.72. The van der Waals surface area contributed by atoms with Gasteiger partial charge in [0.25, 0.3) is 0 Å². The Morgan fingerprint density at radius 1 is 1.19 bits per heavy atom. The molecule has 0 spiro atoms. The van der Waals surface area contributed by atoms with E-state index in [2.05, 4.69) is 38.3 Å². The van der Waals surface area contributed by atoms with Crippen LogP contribution in [0.5, 0.6) is 0 Å². The number of aliphatic hydroxyl groups excluding tert-OH is 1. The van der Waals surface area contributed by atoms with E-state index in [4.69, 9.17) is 22.9 Å². The lowest BCUT2D eigenvalue weighted by molar-refractivity contribution is 0.0957. The molecule has 2 aromatic heterocycles. The van der Waals surface area contributed by atoms with Gasteiger partial charge in [0.05, 0.1) is 11.4 Å². The van der Waals surface area contributed by atoms with Crippen molar-refractivity contribution in [1.29, 1.82) is 0 Å². The van der Waals surface area contributed by atoms with Gasteiger partial charge in [-0.15, -0.1) is 0 Å². The van der Waals surface area contributed by atoms with Crippen molar-refractivity contribution >= 4 is 45.3 Å². The third-order valence-corrected chi connectivity index (χ3v) is 6.84. The Labute approximate surface area is 192 Å². The number of anilines is 3. The first-order chi connectivity index (χ1) is 15.4. The summed E-state index contributed by atoms with van der Waals surface area (Å²) < 4.78 is 0. The van der Waals surface area contributed by atoms with Crippen molar-refractivity contribution in [2.75, 3.05) is 49.2 Å². The first-order valence-electron chi connectivity index (χ1n) is 10.7. The number of nitrogens with two attached hydrogens (primary N) is 1. The minimum absolute atomic E-state index is 0.474. The van der Waals surface area contributed by atoms with E-state index in [0.717, 1.165) is 66.3 Å². The second-order valence-corrected chi connectivity index (χ2v) is 8.82. The van der Waals surface area contributed by atoms with Crippen LogP contribution in [0, 0.1) is 6.92 Å². The van der Waals surface area contributed by atoms with Gasteiger partial charge < -0.3 is 26.0 Å².